The van der Waals surface area contributed by atoms with Crippen molar-refractivity contribution in [3.05, 3.63) is 41.2 Å². The number of rotatable bonds is 3. The molecule has 2 aromatic rings. The van der Waals surface area contributed by atoms with Gasteiger partial charge in [0.1, 0.15) is 5.76 Å². The standard InChI is InChI=1S/C13H13ClN2O/c14-11-3-1-10(2-4-11)13-16-8-12(17-13)5-9-6-15-7-9/h1-4,8-9,15H,5-7H2. The number of nitrogens with zero attached hydrogens (tertiary/aromatic N) is 1. The Bertz CT molecular complexity index is 502. The highest BCUT2D eigenvalue weighted by Crippen LogP contribution is 2.22. The fourth-order valence-corrected chi connectivity index (χ4v) is 2.03. The predicted octanol–water partition coefficient (Wildman–Crippen LogP) is 2.76. The van der Waals surface area contributed by atoms with Crippen molar-refractivity contribution in [1.82, 2.24) is 10.3 Å². The smallest absolute Gasteiger partial charge is 0.226 e. The summed E-state index contributed by atoms with van der Waals surface area (Å²) in [6.07, 6.45) is 2.79. The van der Waals surface area contributed by atoms with Crippen molar-refractivity contribution in [2.45, 2.75) is 6.42 Å². The highest BCUT2D eigenvalue weighted by Gasteiger charge is 2.19. The summed E-state index contributed by atoms with van der Waals surface area (Å²) in [6.45, 7) is 2.16. The minimum atomic E-state index is 0.670. The number of hydrogen-bond donors (Lipinski definition) is 1. The van der Waals surface area contributed by atoms with Gasteiger partial charge in [0.25, 0.3) is 0 Å². The highest BCUT2D eigenvalue weighted by atomic mass is 35.5. The molecule has 2 heterocycles. The van der Waals surface area contributed by atoms with E-state index in [1.165, 1.54) is 0 Å². The molecule has 4 heteroatoms. The Labute approximate surface area is 105 Å². The molecular formula is C13H13ClN2O. The first-order chi connectivity index (χ1) is 8.31. The summed E-state index contributed by atoms with van der Waals surface area (Å²) in [5.74, 6) is 2.33. The van der Waals surface area contributed by atoms with Crippen molar-refractivity contribution in [3.63, 3.8) is 0 Å². The van der Waals surface area contributed by atoms with Gasteiger partial charge in [-0.25, -0.2) is 4.98 Å². The minimum absolute atomic E-state index is 0.670. The van der Waals surface area contributed by atoms with E-state index in [0.717, 1.165) is 35.9 Å². The zero-order valence-corrected chi connectivity index (χ0v) is 10.1. The first-order valence-electron chi connectivity index (χ1n) is 5.72. The van der Waals surface area contributed by atoms with Crippen LogP contribution in [0, 0.1) is 5.92 Å². The van der Waals surface area contributed by atoms with Crippen LogP contribution in [0.5, 0.6) is 0 Å². The monoisotopic (exact) mass is 248 g/mol. The van der Waals surface area contributed by atoms with E-state index in [0.29, 0.717) is 11.8 Å². The number of nitrogens with one attached hydrogen (secondary N) is 1. The van der Waals surface area contributed by atoms with Gasteiger partial charge in [0, 0.05) is 17.0 Å². The van der Waals surface area contributed by atoms with Crippen molar-refractivity contribution in [1.29, 1.82) is 0 Å². The van der Waals surface area contributed by atoms with Gasteiger partial charge >= 0.3 is 0 Å². The van der Waals surface area contributed by atoms with Crippen LogP contribution in [0.4, 0.5) is 0 Å². The van der Waals surface area contributed by atoms with Gasteiger partial charge in [-0.15, -0.1) is 0 Å². The molecule has 0 radical (unpaired) electrons. The quantitative estimate of drug-likeness (QED) is 0.908. The van der Waals surface area contributed by atoms with Crippen LogP contribution in [0.1, 0.15) is 5.76 Å². The first-order valence-corrected chi connectivity index (χ1v) is 6.10. The zero-order chi connectivity index (χ0) is 11.7. The van der Waals surface area contributed by atoms with E-state index in [1.807, 2.05) is 30.5 Å². The third-order valence-corrected chi connectivity index (χ3v) is 3.25. The Morgan fingerprint density at radius 2 is 2.06 bits per heavy atom. The molecule has 88 valence electrons. The lowest BCUT2D eigenvalue weighted by atomic mass is 9.98. The Morgan fingerprint density at radius 3 is 2.71 bits per heavy atom. The van der Waals surface area contributed by atoms with E-state index >= 15 is 0 Å². The van der Waals surface area contributed by atoms with Crippen LogP contribution < -0.4 is 5.32 Å². The number of oxazole rings is 1. The summed E-state index contributed by atoms with van der Waals surface area (Å²) in [4.78, 5) is 4.30. The maximum Gasteiger partial charge on any atom is 0.226 e. The number of benzene rings is 1. The Balaban J connectivity index is 1.76. The third kappa shape index (κ3) is 2.35. The number of hydrogen-bond acceptors (Lipinski definition) is 3. The van der Waals surface area contributed by atoms with Gasteiger partial charge in [-0.3, -0.25) is 0 Å². The summed E-state index contributed by atoms with van der Waals surface area (Å²) >= 11 is 5.84. The fourth-order valence-electron chi connectivity index (χ4n) is 1.91. The largest absolute Gasteiger partial charge is 0.441 e. The first kappa shape index (κ1) is 10.8. The van der Waals surface area contributed by atoms with E-state index in [-0.39, 0.29) is 0 Å². The molecule has 1 aromatic carbocycles. The van der Waals surface area contributed by atoms with Crippen molar-refractivity contribution in [3.8, 4) is 11.5 Å². The summed E-state index contributed by atoms with van der Waals surface area (Å²) in [7, 11) is 0. The van der Waals surface area contributed by atoms with E-state index in [2.05, 4.69) is 10.3 Å². The Kier molecular flexibility index (Phi) is 2.87. The van der Waals surface area contributed by atoms with Crippen molar-refractivity contribution >= 4 is 11.6 Å². The van der Waals surface area contributed by atoms with Gasteiger partial charge in [0.15, 0.2) is 0 Å². The van der Waals surface area contributed by atoms with Gasteiger partial charge in [0.05, 0.1) is 6.20 Å². The van der Waals surface area contributed by atoms with Crippen LogP contribution in [0.3, 0.4) is 0 Å². The van der Waals surface area contributed by atoms with Crippen LogP contribution in [-0.4, -0.2) is 18.1 Å². The van der Waals surface area contributed by atoms with Gasteiger partial charge in [-0.1, -0.05) is 11.6 Å². The molecule has 3 nitrogen and oxygen atoms in total. The molecule has 0 atom stereocenters. The van der Waals surface area contributed by atoms with Crippen LogP contribution in [-0.2, 0) is 6.42 Å². The van der Waals surface area contributed by atoms with E-state index < -0.39 is 0 Å². The molecule has 1 saturated heterocycles. The molecule has 17 heavy (non-hydrogen) atoms. The molecule has 1 fully saturated rings. The molecule has 1 aliphatic rings. The Hall–Kier alpha value is -1.32. The average Bonchev–Trinajstić information content (AvgIpc) is 2.73. The minimum Gasteiger partial charge on any atom is -0.441 e. The molecule has 0 amide bonds. The van der Waals surface area contributed by atoms with E-state index in [4.69, 9.17) is 16.0 Å². The van der Waals surface area contributed by atoms with E-state index in [1.54, 1.807) is 0 Å². The van der Waals surface area contributed by atoms with Gasteiger partial charge in [-0.2, -0.15) is 0 Å². The van der Waals surface area contributed by atoms with Gasteiger partial charge in [0.2, 0.25) is 5.89 Å². The lowest BCUT2D eigenvalue weighted by molar-refractivity contribution is 0.324. The lowest BCUT2D eigenvalue weighted by Crippen LogP contribution is -2.42. The second-order valence-electron chi connectivity index (χ2n) is 4.37. The molecule has 0 saturated carbocycles. The van der Waals surface area contributed by atoms with Crippen LogP contribution in [0.2, 0.25) is 5.02 Å². The second kappa shape index (κ2) is 4.51. The molecule has 1 N–H and O–H groups in total. The third-order valence-electron chi connectivity index (χ3n) is 3.00. The van der Waals surface area contributed by atoms with E-state index in [9.17, 15) is 0 Å². The molecule has 1 aliphatic heterocycles. The maximum atomic E-state index is 5.84. The molecule has 0 unspecified atom stereocenters. The van der Waals surface area contributed by atoms with Crippen molar-refractivity contribution < 1.29 is 4.42 Å². The Morgan fingerprint density at radius 1 is 1.29 bits per heavy atom. The van der Waals surface area contributed by atoms with Crippen LogP contribution in [0.25, 0.3) is 11.5 Å². The van der Waals surface area contributed by atoms with Crippen molar-refractivity contribution in [2.75, 3.05) is 13.1 Å². The topological polar surface area (TPSA) is 38.1 Å². The normalized spacial score (nSPS) is 15.8. The van der Waals surface area contributed by atoms with Crippen LogP contribution in [0.15, 0.2) is 34.9 Å². The van der Waals surface area contributed by atoms with Crippen molar-refractivity contribution in [2.24, 2.45) is 5.92 Å². The summed E-state index contributed by atoms with van der Waals surface area (Å²) in [5.41, 5.74) is 0.965. The molecule has 3 rings (SSSR count). The number of halogens is 1. The molecule has 0 spiro atoms. The maximum absolute atomic E-state index is 5.84. The summed E-state index contributed by atoms with van der Waals surface area (Å²) in [6, 6.07) is 7.53. The molecule has 0 bridgehead atoms. The molecule has 1 aromatic heterocycles. The summed E-state index contributed by atoms with van der Waals surface area (Å²) in [5, 5.41) is 3.97. The number of aromatic nitrogens is 1. The average molecular weight is 249 g/mol. The fraction of sp³-hybridized carbons (Fsp3) is 0.308. The second-order valence-corrected chi connectivity index (χ2v) is 4.80. The SMILES string of the molecule is Clc1ccc(-c2ncc(CC3CNC3)o2)cc1. The predicted molar refractivity (Wildman–Crippen MR) is 67.0 cm³/mol. The summed E-state index contributed by atoms with van der Waals surface area (Å²) < 4.78 is 5.73. The lowest BCUT2D eigenvalue weighted by Gasteiger charge is -2.25. The highest BCUT2D eigenvalue weighted by molar-refractivity contribution is 6.30. The zero-order valence-electron chi connectivity index (χ0n) is 9.32. The van der Waals surface area contributed by atoms with Gasteiger partial charge < -0.3 is 9.73 Å². The van der Waals surface area contributed by atoms with Gasteiger partial charge in [-0.05, 0) is 43.3 Å². The molecular weight excluding hydrogens is 236 g/mol. The molecule has 0 aliphatic carbocycles. The van der Waals surface area contributed by atoms with Crippen LogP contribution >= 0.6 is 11.6 Å².